The Labute approximate surface area is 140 Å². The van der Waals surface area contributed by atoms with Gasteiger partial charge in [0.1, 0.15) is 0 Å². The molecule has 0 bridgehead atoms. The summed E-state index contributed by atoms with van der Waals surface area (Å²) in [5.74, 6) is 0.431. The van der Waals surface area contributed by atoms with Crippen LogP contribution in [0, 0.1) is 0 Å². The number of halogens is 2. The maximum absolute atomic E-state index is 11.9. The lowest BCUT2D eigenvalue weighted by molar-refractivity contribution is -0.119. The van der Waals surface area contributed by atoms with Gasteiger partial charge in [0.2, 0.25) is 5.91 Å². The van der Waals surface area contributed by atoms with Crippen molar-refractivity contribution >= 4 is 56.5 Å². The number of thioether (sulfide) groups is 1. The molecule has 106 valence electrons. The molecule has 2 nitrogen and oxygen atoms in total. The van der Waals surface area contributed by atoms with Gasteiger partial charge in [-0.25, -0.2) is 0 Å². The van der Waals surface area contributed by atoms with Crippen LogP contribution >= 0.6 is 50.6 Å². The zero-order valence-corrected chi connectivity index (χ0v) is 14.7. The normalized spacial score (nSPS) is 12.2. The topological polar surface area (TPSA) is 29.1 Å². The highest BCUT2D eigenvalue weighted by molar-refractivity contribution is 9.10. The van der Waals surface area contributed by atoms with E-state index in [1.807, 2.05) is 43.3 Å². The van der Waals surface area contributed by atoms with E-state index in [4.69, 9.17) is 11.6 Å². The van der Waals surface area contributed by atoms with E-state index < -0.39 is 0 Å². The van der Waals surface area contributed by atoms with Crippen LogP contribution in [0.15, 0.2) is 45.8 Å². The summed E-state index contributed by atoms with van der Waals surface area (Å²) in [5.41, 5.74) is 0. The molecule has 1 unspecified atom stereocenters. The van der Waals surface area contributed by atoms with Crippen LogP contribution in [-0.4, -0.2) is 11.7 Å². The van der Waals surface area contributed by atoms with Crippen LogP contribution in [0.2, 0.25) is 4.34 Å². The molecular formula is C14H13BrClNOS2. The number of carbonyl (C=O) groups is 1. The molecule has 1 N–H and O–H groups in total. The second-order valence-electron chi connectivity index (χ2n) is 4.17. The van der Waals surface area contributed by atoms with Crippen molar-refractivity contribution in [3.63, 3.8) is 0 Å². The number of nitrogens with one attached hydrogen (secondary N) is 1. The van der Waals surface area contributed by atoms with E-state index in [-0.39, 0.29) is 11.9 Å². The molecule has 1 amide bonds. The fourth-order valence-electron chi connectivity index (χ4n) is 1.59. The molecule has 20 heavy (non-hydrogen) atoms. The van der Waals surface area contributed by atoms with Crippen LogP contribution < -0.4 is 5.32 Å². The SMILES string of the molecule is CC(NC(=O)CSc1ccc(Br)cc1)c1ccc(Cl)s1. The maximum atomic E-state index is 11.9. The summed E-state index contributed by atoms with van der Waals surface area (Å²) in [5, 5.41) is 2.97. The molecule has 1 heterocycles. The summed E-state index contributed by atoms with van der Waals surface area (Å²) >= 11 is 12.3. The first-order chi connectivity index (χ1) is 9.54. The second-order valence-corrected chi connectivity index (χ2v) is 7.88. The lowest BCUT2D eigenvalue weighted by atomic mass is 10.3. The number of benzene rings is 1. The quantitative estimate of drug-likeness (QED) is 0.717. The Balaban J connectivity index is 1.82. The minimum Gasteiger partial charge on any atom is -0.348 e. The average molecular weight is 391 g/mol. The molecule has 0 spiro atoms. The van der Waals surface area contributed by atoms with E-state index >= 15 is 0 Å². The lowest BCUT2D eigenvalue weighted by Crippen LogP contribution is -2.27. The van der Waals surface area contributed by atoms with E-state index in [1.54, 1.807) is 0 Å². The van der Waals surface area contributed by atoms with Crippen molar-refractivity contribution in [1.82, 2.24) is 5.32 Å². The van der Waals surface area contributed by atoms with Gasteiger partial charge in [-0.2, -0.15) is 0 Å². The highest BCUT2D eigenvalue weighted by Gasteiger charge is 2.11. The zero-order chi connectivity index (χ0) is 14.5. The van der Waals surface area contributed by atoms with E-state index in [1.165, 1.54) is 23.1 Å². The number of carbonyl (C=O) groups excluding carboxylic acids is 1. The first-order valence-corrected chi connectivity index (χ1v) is 8.95. The van der Waals surface area contributed by atoms with E-state index in [2.05, 4.69) is 21.2 Å². The summed E-state index contributed by atoms with van der Waals surface area (Å²) < 4.78 is 1.78. The Kier molecular flexibility index (Phi) is 5.96. The Morgan fingerprint density at radius 3 is 2.65 bits per heavy atom. The van der Waals surface area contributed by atoms with Gasteiger partial charge in [0.05, 0.1) is 16.1 Å². The van der Waals surface area contributed by atoms with E-state index in [0.29, 0.717) is 5.75 Å². The number of thiophene rings is 1. The third kappa shape index (κ3) is 4.81. The maximum Gasteiger partial charge on any atom is 0.230 e. The van der Waals surface area contributed by atoms with Gasteiger partial charge in [0.25, 0.3) is 0 Å². The molecule has 0 saturated heterocycles. The standard InChI is InChI=1S/C14H13BrClNOS2/c1-9(12-6-7-13(16)20-12)17-14(18)8-19-11-4-2-10(15)3-5-11/h2-7,9H,8H2,1H3,(H,17,18). The lowest BCUT2D eigenvalue weighted by Gasteiger charge is -2.11. The van der Waals surface area contributed by atoms with Crippen molar-refractivity contribution in [2.75, 3.05) is 5.75 Å². The highest BCUT2D eigenvalue weighted by Crippen LogP contribution is 2.27. The van der Waals surface area contributed by atoms with Crippen LogP contribution in [0.5, 0.6) is 0 Å². The molecule has 1 aromatic carbocycles. The molecule has 6 heteroatoms. The predicted molar refractivity (Wildman–Crippen MR) is 90.8 cm³/mol. The van der Waals surface area contributed by atoms with E-state index in [9.17, 15) is 4.79 Å². The minimum absolute atomic E-state index is 0.00878. The van der Waals surface area contributed by atoms with Crippen molar-refractivity contribution in [2.24, 2.45) is 0 Å². The van der Waals surface area contributed by atoms with Crippen LogP contribution in [0.4, 0.5) is 0 Å². The van der Waals surface area contributed by atoms with Crippen LogP contribution in [0.1, 0.15) is 17.8 Å². The zero-order valence-electron chi connectivity index (χ0n) is 10.7. The third-order valence-corrected chi connectivity index (χ3v) is 5.54. The van der Waals surface area contributed by atoms with Gasteiger partial charge in [-0.05, 0) is 43.3 Å². The summed E-state index contributed by atoms with van der Waals surface area (Å²) in [7, 11) is 0. The van der Waals surface area contributed by atoms with Crippen LogP contribution in [-0.2, 0) is 4.79 Å². The Bertz CT molecular complexity index is 585. The summed E-state index contributed by atoms with van der Waals surface area (Å²) in [6.07, 6.45) is 0. The third-order valence-electron chi connectivity index (χ3n) is 2.58. The van der Waals surface area contributed by atoms with Gasteiger partial charge in [-0.1, -0.05) is 27.5 Å². The largest absolute Gasteiger partial charge is 0.348 e. The van der Waals surface area contributed by atoms with Crippen LogP contribution in [0.25, 0.3) is 0 Å². The first kappa shape index (κ1) is 15.9. The summed E-state index contributed by atoms with van der Waals surface area (Å²) in [4.78, 5) is 14.0. The Morgan fingerprint density at radius 2 is 2.05 bits per heavy atom. The highest BCUT2D eigenvalue weighted by atomic mass is 79.9. The van der Waals surface area contributed by atoms with Crippen molar-refractivity contribution in [2.45, 2.75) is 17.9 Å². The molecule has 2 rings (SSSR count). The smallest absolute Gasteiger partial charge is 0.230 e. The average Bonchev–Trinajstić information content (AvgIpc) is 2.85. The molecule has 2 aromatic rings. The molecule has 1 aromatic heterocycles. The molecule has 0 aliphatic carbocycles. The fraction of sp³-hybridized carbons (Fsp3) is 0.214. The summed E-state index contributed by atoms with van der Waals surface area (Å²) in [6.45, 7) is 1.96. The van der Waals surface area contributed by atoms with Gasteiger partial charge >= 0.3 is 0 Å². The molecule has 1 atom stereocenters. The minimum atomic E-state index is -0.00878. The van der Waals surface area contributed by atoms with Crippen molar-refractivity contribution in [3.8, 4) is 0 Å². The van der Waals surface area contributed by atoms with Gasteiger partial charge in [-0.15, -0.1) is 23.1 Å². The molecule has 0 aliphatic heterocycles. The molecule has 0 radical (unpaired) electrons. The number of hydrogen-bond donors (Lipinski definition) is 1. The van der Waals surface area contributed by atoms with Crippen molar-refractivity contribution in [3.05, 3.63) is 50.1 Å². The van der Waals surface area contributed by atoms with Gasteiger partial charge in [0.15, 0.2) is 0 Å². The van der Waals surface area contributed by atoms with Crippen LogP contribution in [0.3, 0.4) is 0 Å². The van der Waals surface area contributed by atoms with Gasteiger partial charge < -0.3 is 5.32 Å². The van der Waals surface area contributed by atoms with Crippen molar-refractivity contribution < 1.29 is 4.79 Å². The molecule has 0 saturated carbocycles. The molecule has 0 aliphatic rings. The Hall–Kier alpha value is -0.490. The number of hydrogen-bond acceptors (Lipinski definition) is 3. The van der Waals surface area contributed by atoms with Crippen molar-refractivity contribution in [1.29, 1.82) is 0 Å². The number of rotatable bonds is 5. The predicted octanol–water partition coefficient (Wildman–Crippen LogP) is 5.13. The van der Waals surface area contributed by atoms with Gasteiger partial charge in [0, 0.05) is 14.2 Å². The monoisotopic (exact) mass is 389 g/mol. The first-order valence-electron chi connectivity index (χ1n) is 5.97. The Morgan fingerprint density at radius 1 is 1.35 bits per heavy atom. The second kappa shape index (κ2) is 7.50. The fourth-order valence-corrected chi connectivity index (χ4v) is 3.63. The summed E-state index contributed by atoms with van der Waals surface area (Å²) in [6, 6.07) is 11.7. The number of amides is 1. The van der Waals surface area contributed by atoms with E-state index in [0.717, 1.165) is 18.6 Å². The molecular weight excluding hydrogens is 378 g/mol. The molecule has 0 fully saturated rings. The van der Waals surface area contributed by atoms with Gasteiger partial charge in [-0.3, -0.25) is 4.79 Å².